The Balaban J connectivity index is 3.06. The topological polar surface area (TPSA) is 46.5 Å². The van der Waals surface area contributed by atoms with E-state index >= 15 is 0 Å². The van der Waals surface area contributed by atoms with E-state index in [1.54, 1.807) is 0 Å². The number of hydrogen-bond donors (Lipinski definition) is 1. The molecular formula is C13H14F4O3. The van der Waals surface area contributed by atoms with Crippen LogP contribution in [0, 0.1) is 17.6 Å². The van der Waals surface area contributed by atoms with Crippen LogP contribution < -0.4 is 4.74 Å². The third-order valence-corrected chi connectivity index (χ3v) is 2.74. The SMILES string of the molecule is COc1cc(F)c(C(F)(F)CC(C)CC(=O)O)c(F)c1. The quantitative estimate of drug-likeness (QED) is 0.816. The van der Waals surface area contributed by atoms with Crippen molar-refractivity contribution in [2.75, 3.05) is 7.11 Å². The zero-order valence-electron chi connectivity index (χ0n) is 10.9. The van der Waals surface area contributed by atoms with Crippen molar-refractivity contribution in [2.45, 2.75) is 25.7 Å². The zero-order chi connectivity index (χ0) is 15.5. The lowest BCUT2D eigenvalue weighted by molar-refractivity contribution is -0.138. The van der Waals surface area contributed by atoms with E-state index in [1.807, 2.05) is 0 Å². The molecule has 0 heterocycles. The van der Waals surface area contributed by atoms with Crippen LogP contribution in [0.3, 0.4) is 0 Å². The lowest BCUT2D eigenvalue weighted by Crippen LogP contribution is -2.22. The molecule has 0 bridgehead atoms. The molecule has 0 fully saturated rings. The molecule has 0 saturated carbocycles. The van der Waals surface area contributed by atoms with Gasteiger partial charge in [-0.2, -0.15) is 0 Å². The van der Waals surface area contributed by atoms with Crippen LogP contribution in [-0.4, -0.2) is 18.2 Å². The van der Waals surface area contributed by atoms with E-state index in [0.29, 0.717) is 12.1 Å². The maximum Gasteiger partial charge on any atom is 0.303 e. The second-order valence-corrected chi connectivity index (χ2v) is 4.58. The molecule has 1 N–H and O–H groups in total. The lowest BCUT2D eigenvalue weighted by Gasteiger charge is -2.21. The third kappa shape index (κ3) is 3.85. The monoisotopic (exact) mass is 294 g/mol. The van der Waals surface area contributed by atoms with Crippen LogP contribution in [0.5, 0.6) is 5.75 Å². The van der Waals surface area contributed by atoms with Gasteiger partial charge in [0, 0.05) is 25.0 Å². The Morgan fingerprint density at radius 1 is 1.35 bits per heavy atom. The summed E-state index contributed by atoms with van der Waals surface area (Å²) in [6, 6.07) is 1.32. The van der Waals surface area contributed by atoms with Crippen molar-refractivity contribution >= 4 is 5.97 Å². The van der Waals surface area contributed by atoms with Crippen molar-refractivity contribution in [2.24, 2.45) is 5.92 Å². The van der Waals surface area contributed by atoms with Gasteiger partial charge in [-0.3, -0.25) is 4.79 Å². The van der Waals surface area contributed by atoms with E-state index in [1.165, 1.54) is 6.92 Å². The summed E-state index contributed by atoms with van der Waals surface area (Å²) in [7, 11) is 1.15. The molecule has 1 atom stereocenters. The molecule has 1 aromatic carbocycles. The van der Waals surface area contributed by atoms with Crippen molar-refractivity contribution in [3.05, 3.63) is 29.3 Å². The number of hydrogen-bond acceptors (Lipinski definition) is 2. The molecule has 0 saturated heterocycles. The number of methoxy groups -OCH3 is 1. The molecule has 0 amide bonds. The van der Waals surface area contributed by atoms with Gasteiger partial charge in [-0.1, -0.05) is 6.92 Å². The molecule has 0 aliphatic heterocycles. The fraction of sp³-hybridized carbons (Fsp3) is 0.462. The van der Waals surface area contributed by atoms with Gasteiger partial charge in [-0.15, -0.1) is 0 Å². The normalized spacial score (nSPS) is 13.1. The van der Waals surface area contributed by atoms with Crippen LogP contribution in [0.4, 0.5) is 17.6 Å². The standard InChI is InChI=1S/C13H14F4O3/c1-7(3-11(18)19)6-13(16,17)12-9(14)4-8(20-2)5-10(12)15/h4-5,7H,3,6H2,1-2H3,(H,18,19). The Bertz CT molecular complexity index is 479. The number of benzene rings is 1. The van der Waals surface area contributed by atoms with Gasteiger partial charge in [0.2, 0.25) is 0 Å². The number of rotatable bonds is 6. The second kappa shape index (κ2) is 6.11. The minimum atomic E-state index is -3.80. The molecule has 0 aliphatic rings. The highest BCUT2D eigenvalue weighted by Crippen LogP contribution is 2.39. The minimum absolute atomic E-state index is 0.210. The van der Waals surface area contributed by atoms with Gasteiger partial charge in [-0.05, 0) is 5.92 Å². The summed E-state index contributed by atoms with van der Waals surface area (Å²) in [6.45, 7) is 1.28. The molecule has 0 aliphatic carbocycles. The van der Waals surface area contributed by atoms with Crippen LogP contribution >= 0.6 is 0 Å². The predicted molar refractivity (Wildman–Crippen MR) is 62.8 cm³/mol. The summed E-state index contributed by atoms with van der Waals surface area (Å²) in [5.41, 5.74) is -1.37. The molecule has 0 aromatic heterocycles. The van der Waals surface area contributed by atoms with Crippen LogP contribution in [0.1, 0.15) is 25.3 Å². The van der Waals surface area contributed by atoms with Gasteiger partial charge in [0.15, 0.2) is 0 Å². The predicted octanol–water partition coefficient (Wildman–Crippen LogP) is 3.57. The maximum absolute atomic E-state index is 13.9. The van der Waals surface area contributed by atoms with Gasteiger partial charge in [0.25, 0.3) is 5.92 Å². The molecule has 1 unspecified atom stereocenters. The van der Waals surface area contributed by atoms with E-state index in [2.05, 4.69) is 4.74 Å². The first-order valence-electron chi connectivity index (χ1n) is 5.80. The van der Waals surface area contributed by atoms with Gasteiger partial charge in [-0.25, -0.2) is 17.6 Å². The molecule has 0 radical (unpaired) electrons. The molecule has 1 aromatic rings. The lowest BCUT2D eigenvalue weighted by atomic mass is 9.94. The summed E-state index contributed by atoms with van der Waals surface area (Å²) in [5, 5.41) is 8.52. The number of ether oxygens (including phenoxy) is 1. The number of alkyl halides is 2. The summed E-state index contributed by atoms with van der Waals surface area (Å²) in [5.74, 6) is -9.02. The summed E-state index contributed by atoms with van der Waals surface area (Å²) in [4.78, 5) is 10.4. The number of aliphatic carboxylic acids is 1. The van der Waals surface area contributed by atoms with E-state index in [9.17, 15) is 22.4 Å². The van der Waals surface area contributed by atoms with Crippen LogP contribution in [-0.2, 0) is 10.7 Å². The average Bonchev–Trinajstić information content (AvgIpc) is 2.24. The fourth-order valence-electron chi connectivity index (χ4n) is 1.93. The fourth-order valence-corrected chi connectivity index (χ4v) is 1.93. The summed E-state index contributed by atoms with van der Waals surface area (Å²) < 4.78 is 59.6. The highest BCUT2D eigenvalue weighted by molar-refractivity contribution is 5.66. The Kier molecular flexibility index (Phi) is 4.97. The molecule has 1 rings (SSSR count). The van der Waals surface area contributed by atoms with Gasteiger partial charge in [0.1, 0.15) is 17.4 Å². The first-order chi connectivity index (χ1) is 9.17. The molecule has 7 heteroatoms. The third-order valence-electron chi connectivity index (χ3n) is 2.74. The van der Waals surface area contributed by atoms with E-state index in [-0.39, 0.29) is 5.75 Å². The first-order valence-corrected chi connectivity index (χ1v) is 5.80. The van der Waals surface area contributed by atoms with Crippen LogP contribution in [0.2, 0.25) is 0 Å². The number of carboxylic acids is 1. The second-order valence-electron chi connectivity index (χ2n) is 4.58. The smallest absolute Gasteiger partial charge is 0.303 e. The molecular weight excluding hydrogens is 280 g/mol. The molecule has 0 spiro atoms. The summed E-state index contributed by atoms with van der Waals surface area (Å²) >= 11 is 0. The van der Waals surface area contributed by atoms with Crippen molar-refractivity contribution < 1.29 is 32.2 Å². The Labute approximate surface area is 113 Å². The molecule has 112 valence electrons. The van der Waals surface area contributed by atoms with Crippen molar-refractivity contribution in [3.63, 3.8) is 0 Å². The van der Waals surface area contributed by atoms with E-state index in [4.69, 9.17) is 5.11 Å². The van der Waals surface area contributed by atoms with Gasteiger partial charge in [0.05, 0.1) is 12.7 Å². The number of carbonyl (C=O) groups is 1. The minimum Gasteiger partial charge on any atom is -0.497 e. The highest BCUT2D eigenvalue weighted by Gasteiger charge is 2.39. The van der Waals surface area contributed by atoms with Crippen molar-refractivity contribution in [1.29, 1.82) is 0 Å². The Morgan fingerprint density at radius 2 is 1.85 bits per heavy atom. The Morgan fingerprint density at radius 3 is 2.25 bits per heavy atom. The number of carboxylic acid groups (broad SMARTS) is 1. The average molecular weight is 294 g/mol. The number of halogens is 4. The first kappa shape index (κ1) is 16.3. The zero-order valence-corrected chi connectivity index (χ0v) is 10.9. The van der Waals surface area contributed by atoms with Crippen LogP contribution in [0.25, 0.3) is 0 Å². The van der Waals surface area contributed by atoms with E-state index in [0.717, 1.165) is 7.11 Å². The van der Waals surface area contributed by atoms with Gasteiger partial charge >= 0.3 is 5.97 Å². The van der Waals surface area contributed by atoms with E-state index < -0.39 is 47.8 Å². The largest absolute Gasteiger partial charge is 0.497 e. The Hall–Kier alpha value is -1.79. The maximum atomic E-state index is 13.9. The van der Waals surface area contributed by atoms with Crippen molar-refractivity contribution in [1.82, 2.24) is 0 Å². The van der Waals surface area contributed by atoms with Crippen LogP contribution in [0.15, 0.2) is 12.1 Å². The summed E-state index contributed by atoms with van der Waals surface area (Å²) in [6.07, 6.45) is -1.46. The van der Waals surface area contributed by atoms with Crippen molar-refractivity contribution in [3.8, 4) is 5.75 Å². The van der Waals surface area contributed by atoms with Gasteiger partial charge < -0.3 is 9.84 Å². The molecule has 20 heavy (non-hydrogen) atoms. The molecule has 3 nitrogen and oxygen atoms in total. The highest BCUT2D eigenvalue weighted by atomic mass is 19.3.